The van der Waals surface area contributed by atoms with Gasteiger partial charge in [-0.3, -0.25) is 14.6 Å². The number of aromatic nitrogens is 5. The fraction of sp³-hybridized carbons (Fsp3) is 0.167. The summed E-state index contributed by atoms with van der Waals surface area (Å²) in [5.74, 6) is -0.354. The van der Waals surface area contributed by atoms with Gasteiger partial charge >= 0.3 is 0 Å². The van der Waals surface area contributed by atoms with E-state index >= 15 is 0 Å². The number of carbonyl (C=O) groups excluding carboxylic acids is 2. The maximum atomic E-state index is 13.3. The van der Waals surface area contributed by atoms with E-state index in [0.29, 0.717) is 38.9 Å². The maximum absolute atomic E-state index is 13.3. The number of anilines is 2. The number of amides is 1. The van der Waals surface area contributed by atoms with E-state index < -0.39 is 0 Å². The van der Waals surface area contributed by atoms with Gasteiger partial charge in [0.05, 0.1) is 23.9 Å². The first kappa shape index (κ1) is 21.3. The van der Waals surface area contributed by atoms with E-state index in [1.165, 1.54) is 18.8 Å². The van der Waals surface area contributed by atoms with E-state index in [1.54, 1.807) is 30.6 Å². The number of nitrogens with one attached hydrogen (secondary N) is 1. The Morgan fingerprint density at radius 3 is 2.82 bits per heavy atom. The smallest absolute Gasteiger partial charge is 0.228 e. The predicted octanol–water partition coefficient (Wildman–Crippen LogP) is 3.54. The van der Waals surface area contributed by atoms with Crippen LogP contribution in [0.3, 0.4) is 0 Å². The van der Waals surface area contributed by atoms with Gasteiger partial charge in [-0.2, -0.15) is 4.98 Å². The lowest BCUT2D eigenvalue weighted by Crippen LogP contribution is -2.15. The quantitative estimate of drug-likeness (QED) is 0.370. The molecule has 4 aromatic heterocycles. The molecule has 3 N–H and O–H groups in total. The SMILES string of the molecule is CC(C)n1cc(C(=O)c2cncc(NC(=O)Cc3ccc4ocnc4c3)c2)c2cnc(N)nc21. The zero-order valence-electron chi connectivity index (χ0n) is 18.5. The number of benzene rings is 1. The van der Waals surface area contributed by atoms with E-state index in [2.05, 4.69) is 25.3 Å². The van der Waals surface area contributed by atoms with Crippen molar-refractivity contribution in [1.82, 2.24) is 24.5 Å². The lowest BCUT2D eigenvalue weighted by Gasteiger charge is -2.07. The number of pyridine rings is 1. The molecule has 4 heterocycles. The summed E-state index contributed by atoms with van der Waals surface area (Å²) in [4.78, 5) is 42.5. The van der Waals surface area contributed by atoms with Crippen molar-refractivity contribution in [3.05, 3.63) is 72.1 Å². The van der Waals surface area contributed by atoms with Gasteiger partial charge < -0.3 is 20.0 Å². The Kier molecular flexibility index (Phi) is 5.25. The lowest BCUT2D eigenvalue weighted by atomic mass is 10.1. The molecule has 0 aliphatic heterocycles. The topological polar surface area (TPSA) is 142 Å². The maximum Gasteiger partial charge on any atom is 0.228 e. The highest BCUT2D eigenvalue weighted by atomic mass is 16.3. The zero-order chi connectivity index (χ0) is 23.8. The van der Waals surface area contributed by atoms with Crippen LogP contribution >= 0.6 is 0 Å². The molecule has 34 heavy (non-hydrogen) atoms. The summed E-state index contributed by atoms with van der Waals surface area (Å²) >= 11 is 0. The van der Waals surface area contributed by atoms with Crippen molar-refractivity contribution in [2.24, 2.45) is 0 Å². The minimum atomic E-state index is -0.252. The van der Waals surface area contributed by atoms with Crippen molar-refractivity contribution in [3.63, 3.8) is 0 Å². The number of nitrogen functional groups attached to an aromatic ring is 1. The minimum Gasteiger partial charge on any atom is -0.443 e. The van der Waals surface area contributed by atoms with Crippen molar-refractivity contribution in [2.75, 3.05) is 11.1 Å². The summed E-state index contributed by atoms with van der Waals surface area (Å²) in [6.07, 6.45) is 7.76. The second-order valence-electron chi connectivity index (χ2n) is 8.18. The number of hydrogen-bond donors (Lipinski definition) is 2. The van der Waals surface area contributed by atoms with Gasteiger partial charge in [0.15, 0.2) is 17.8 Å². The van der Waals surface area contributed by atoms with Gasteiger partial charge in [0.1, 0.15) is 11.2 Å². The Hall–Kier alpha value is -4.60. The second-order valence-corrected chi connectivity index (χ2v) is 8.18. The molecule has 10 nitrogen and oxygen atoms in total. The average molecular weight is 455 g/mol. The molecule has 0 aliphatic carbocycles. The molecule has 1 aromatic carbocycles. The highest BCUT2D eigenvalue weighted by Gasteiger charge is 2.20. The number of fused-ring (bicyclic) bond motifs is 2. The molecule has 10 heteroatoms. The molecule has 0 radical (unpaired) electrons. The van der Waals surface area contributed by atoms with Crippen molar-refractivity contribution < 1.29 is 14.0 Å². The molecule has 0 bridgehead atoms. The van der Waals surface area contributed by atoms with Crippen molar-refractivity contribution >= 4 is 45.5 Å². The van der Waals surface area contributed by atoms with Crippen LogP contribution in [0.15, 0.2) is 59.9 Å². The molecule has 5 aromatic rings. The van der Waals surface area contributed by atoms with Crippen LogP contribution in [-0.2, 0) is 11.2 Å². The molecule has 0 saturated heterocycles. The van der Waals surface area contributed by atoms with E-state index in [0.717, 1.165) is 5.56 Å². The Morgan fingerprint density at radius 2 is 2.00 bits per heavy atom. The molecule has 0 spiro atoms. The normalized spacial score (nSPS) is 11.4. The number of nitrogens with zero attached hydrogens (tertiary/aromatic N) is 5. The van der Waals surface area contributed by atoms with Crippen LogP contribution in [0.1, 0.15) is 41.4 Å². The average Bonchev–Trinajstić information content (AvgIpc) is 3.42. The number of nitrogens with two attached hydrogens (primary N) is 1. The van der Waals surface area contributed by atoms with Crippen LogP contribution in [-0.4, -0.2) is 36.2 Å². The van der Waals surface area contributed by atoms with E-state index in [-0.39, 0.29) is 30.1 Å². The van der Waals surface area contributed by atoms with E-state index in [4.69, 9.17) is 10.2 Å². The highest BCUT2D eigenvalue weighted by Crippen LogP contribution is 2.26. The standard InChI is InChI=1S/C24H21N7O3/c1-13(2)31-11-18(17-10-27-24(25)30-23(17)31)22(33)15-7-16(9-26-8-15)29-21(32)6-14-3-4-20-19(5-14)28-12-34-20/h3-5,7-13H,6H2,1-2H3,(H,29,32)(H2,25,27,30). The van der Waals surface area contributed by atoms with Gasteiger partial charge in [-0.25, -0.2) is 9.97 Å². The summed E-state index contributed by atoms with van der Waals surface area (Å²) in [6, 6.07) is 7.06. The molecule has 0 fully saturated rings. The molecule has 0 saturated carbocycles. The third-order valence-corrected chi connectivity index (χ3v) is 5.43. The Balaban J connectivity index is 1.38. The lowest BCUT2D eigenvalue weighted by molar-refractivity contribution is -0.115. The van der Waals surface area contributed by atoms with E-state index in [9.17, 15) is 9.59 Å². The molecule has 5 rings (SSSR count). The number of ketones is 1. The molecule has 0 aliphatic rings. The first-order valence-corrected chi connectivity index (χ1v) is 10.6. The van der Waals surface area contributed by atoms with Crippen molar-refractivity contribution in [2.45, 2.75) is 26.3 Å². The van der Waals surface area contributed by atoms with Crippen LogP contribution in [0.4, 0.5) is 11.6 Å². The van der Waals surface area contributed by atoms with Gasteiger partial charge in [-0.05, 0) is 37.6 Å². The summed E-state index contributed by atoms with van der Waals surface area (Å²) in [5.41, 5.74) is 9.68. The molecular formula is C24H21N7O3. The van der Waals surface area contributed by atoms with Crippen LogP contribution in [0.25, 0.3) is 22.1 Å². The summed E-state index contributed by atoms with van der Waals surface area (Å²) < 4.78 is 7.11. The van der Waals surface area contributed by atoms with Gasteiger partial charge in [0.2, 0.25) is 11.9 Å². The largest absolute Gasteiger partial charge is 0.443 e. The number of carbonyl (C=O) groups is 2. The Labute approximate surface area is 193 Å². The fourth-order valence-electron chi connectivity index (χ4n) is 3.81. The van der Waals surface area contributed by atoms with Crippen LogP contribution in [0, 0.1) is 0 Å². The molecule has 0 unspecified atom stereocenters. The van der Waals surface area contributed by atoms with Crippen LogP contribution < -0.4 is 11.1 Å². The van der Waals surface area contributed by atoms with Gasteiger partial charge in [0, 0.05) is 35.6 Å². The Morgan fingerprint density at radius 1 is 1.15 bits per heavy atom. The third kappa shape index (κ3) is 3.96. The van der Waals surface area contributed by atoms with E-state index in [1.807, 2.05) is 24.5 Å². The summed E-state index contributed by atoms with van der Waals surface area (Å²) in [7, 11) is 0. The number of oxazole rings is 1. The second kappa shape index (κ2) is 8.39. The first-order chi connectivity index (χ1) is 16.4. The molecule has 170 valence electrons. The minimum absolute atomic E-state index is 0.0681. The zero-order valence-corrected chi connectivity index (χ0v) is 18.5. The first-order valence-electron chi connectivity index (χ1n) is 10.6. The molecule has 1 amide bonds. The van der Waals surface area contributed by atoms with Crippen molar-refractivity contribution in [1.29, 1.82) is 0 Å². The van der Waals surface area contributed by atoms with Gasteiger partial charge in [-0.15, -0.1) is 0 Å². The highest BCUT2D eigenvalue weighted by molar-refractivity contribution is 6.16. The van der Waals surface area contributed by atoms with Gasteiger partial charge in [0.25, 0.3) is 0 Å². The molecular weight excluding hydrogens is 434 g/mol. The van der Waals surface area contributed by atoms with Crippen molar-refractivity contribution in [3.8, 4) is 0 Å². The van der Waals surface area contributed by atoms with Crippen LogP contribution in [0.5, 0.6) is 0 Å². The van der Waals surface area contributed by atoms with Crippen LogP contribution in [0.2, 0.25) is 0 Å². The monoisotopic (exact) mass is 455 g/mol. The fourth-order valence-corrected chi connectivity index (χ4v) is 3.81. The summed E-state index contributed by atoms with van der Waals surface area (Å²) in [6.45, 7) is 3.98. The molecule has 0 atom stereocenters. The number of rotatable bonds is 6. The predicted molar refractivity (Wildman–Crippen MR) is 126 cm³/mol. The Bertz CT molecular complexity index is 1550. The van der Waals surface area contributed by atoms with Gasteiger partial charge in [-0.1, -0.05) is 6.07 Å². The summed E-state index contributed by atoms with van der Waals surface area (Å²) in [5, 5.41) is 3.41. The number of hydrogen-bond acceptors (Lipinski definition) is 8. The third-order valence-electron chi connectivity index (χ3n) is 5.43.